The van der Waals surface area contributed by atoms with E-state index in [1.807, 2.05) is 40.1 Å². The average molecular weight is 390 g/mol. The predicted octanol–water partition coefficient (Wildman–Crippen LogP) is 3.30. The van der Waals surface area contributed by atoms with Crippen molar-refractivity contribution in [2.24, 2.45) is 0 Å². The molecule has 5 heteroatoms. The molecule has 2 aromatic carbocycles. The summed E-state index contributed by atoms with van der Waals surface area (Å²) in [6.45, 7) is 4.41. The van der Waals surface area contributed by atoms with Crippen LogP contribution in [0.4, 0.5) is 0 Å². The van der Waals surface area contributed by atoms with E-state index in [4.69, 9.17) is 4.74 Å². The Morgan fingerprint density at radius 1 is 1.03 bits per heavy atom. The maximum atomic E-state index is 13.8. The first-order chi connectivity index (χ1) is 14.1. The van der Waals surface area contributed by atoms with Gasteiger partial charge in [0.25, 0.3) is 5.91 Å². The molecule has 5 rings (SSSR count). The van der Waals surface area contributed by atoms with E-state index in [1.165, 1.54) is 0 Å². The van der Waals surface area contributed by atoms with E-state index in [2.05, 4.69) is 25.1 Å². The molecule has 2 amide bonds. The lowest BCUT2D eigenvalue weighted by Gasteiger charge is -2.44. The number of aryl methyl sites for hydroxylation is 1. The Hall–Kier alpha value is -2.66. The SMILES string of the molecule is Cc1cccc(C2C(C(=O)N3CCOCC3)c3ccccc3C(=O)N2C2CC2)c1. The topological polar surface area (TPSA) is 49.9 Å². The van der Waals surface area contributed by atoms with Crippen LogP contribution < -0.4 is 0 Å². The minimum atomic E-state index is -0.385. The molecule has 3 aliphatic rings. The Balaban J connectivity index is 1.66. The molecule has 2 atom stereocenters. The van der Waals surface area contributed by atoms with Crippen LogP contribution in [0.25, 0.3) is 0 Å². The van der Waals surface area contributed by atoms with Gasteiger partial charge in [-0.3, -0.25) is 9.59 Å². The van der Waals surface area contributed by atoms with Crippen LogP contribution in [0.1, 0.15) is 51.8 Å². The molecule has 0 aromatic heterocycles. The van der Waals surface area contributed by atoms with Crippen molar-refractivity contribution in [1.29, 1.82) is 0 Å². The van der Waals surface area contributed by atoms with E-state index in [-0.39, 0.29) is 29.8 Å². The van der Waals surface area contributed by atoms with Gasteiger partial charge in [0.05, 0.1) is 25.2 Å². The van der Waals surface area contributed by atoms with Gasteiger partial charge in [0.15, 0.2) is 0 Å². The number of fused-ring (bicyclic) bond motifs is 1. The molecule has 1 saturated heterocycles. The normalized spacial score (nSPS) is 24.4. The molecule has 1 aliphatic carbocycles. The molecule has 2 fully saturated rings. The van der Waals surface area contributed by atoms with Crippen molar-refractivity contribution < 1.29 is 14.3 Å². The number of carbonyl (C=O) groups excluding carboxylic acids is 2. The first-order valence-electron chi connectivity index (χ1n) is 10.5. The molecular weight excluding hydrogens is 364 g/mol. The van der Waals surface area contributed by atoms with Crippen molar-refractivity contribution in [3.05, 3.63) is 70.8 Å². The minimum Gasteiger partial charge on any atom is -0.378 e. The van der Waals surface area contributed by atoms with Crippen LogP contribution >= 0.6 is 0 Å². The third kappa shape index (κ3) is 3.23. The van der Waals surface area contributed by atoms with Crippen LogP contribution in [0.15, 0.2) is 48.5 Å². The van der Waals surface area contributed by atoms with Crippen molar-refractivity contribution >= 4 is 11.8 Å². The fourth-order valence-corrected chi connectivity index (χ4v) is 4.76. The van der Waals surface area contributed by atoms with Gasteiger partial charge >= 0.3 is 0 Å². The quantitative estimate of drug-likeness (QED) is 0.808. The standard InChI is InChI=1S/C24H26N2O3/c1-16-5-4-6-17(15-16)22-21(24(28)25-11-13-29-14-12-25)19-7-2-3-8-20(19)23(27)26(22)18-9-10-18/h2-8,15,18,21-22H,9-14H2,1H3. The van der Waals surface area contributed by atoms with Crippen LogP contribution in [-0.2, 0) is 9.53 Å². The first-order valence-corrected chi connectivity index (χ1v) is 10.5. The highest BCUT2D eigenvalue weighted by Crippen LogP contribution is 2.48. The van der Waals surface area contributed by atoms with Crippen molar-refractivity contribution in [1.82, 2.24) is 9.80 Å². The van der Waals surface area contributed by atoms with Crippen molar-refractivity contribution in [3.8, 4) is 0 Å². The van der Waals surface area contributed by atoms with Crippen LogP contribution in [-0.4, -0.2) is 54.0 Å². The number of rotatable bonds is 3. The molecule has 2 aromatic rings. The second-order valence-electron chi connectivity index (χ2n) is 8.31. The van der Waals surface area contributed by atoms with Crippen LogP contribution in [0.3, 0.4) is 0 Å². The molecule has 0 spiro atoms. The molecule has 2 heterocycles. The number of nitrogens with zero attached hydrogens (tertiary/aromatic N) is 2. The van der Waals surface area contributed by atoms with Gasteiger partial charge in [-0.25, -0.2) is 0 Å². The average Bonchev–Trinajstić information content (AvgIpc) is 3.59. The predicted molar refractivity (Wildman–Crippen MR) is 110 cm³/mol. The molecule has 1 saturated carbocycles. The molecule has 0 N–H and O–H groups in total. The number of hydrogen-bond acceptors (Lipinski definition) is 3. The van der Waals surface area contributed by atoms with Gasteiger partial charge in [0, 0.05) is 24.7 Å². The van der Waals surface area contributed by atoms with E-state index < -0.39 is 0 Å². The van der Waals surface area contributed by atoms with Gasteiger partial charge in [-0.15, -0.1) is 0 Å². The Morgan fingerprint density at radius 3 is 2.52 bits per heavy atom. The summed E-state index contributed by atoms with van der Waals surface area (Å²) >= 11 is 0. The van der Waals surface area contributed by atoms with Gasteiger partial charge in [0.1, 0.15) is 0 Å². The second kappa shape index (κ2) is 7.30. The van der Waals surface area contributed by atoms with E-state index in [1.54, 1.807) is 0 Å². The summed E-state index contributed by atoms with van der Waals surface area (Å²) in [5.41, 5.74) is 3.72. The molecule has 150 valence electrons. The van der Waals surface area contributed by atoms with Gasteiger partial charge < -0.3 is 14.5 Å². The van der Waals surface area contributed by atoms with Crippen molar-refractivity contribution in [2.45, 2.75) is 37.8 Å². The number of morpholine rings is 1. The molecular formula is C24H26N2O3. The zero-order chi connectivity index (χ0) is 20.0. The number of amides is 2. The lowest BCUT2D eigenvalue weighted by molar-refractivity contribution is -0.138. The highest BCUT2D eigenvalue weighted by Gasteiger charge is 2.49. The van der Waals surface area contributed by atoms with Gasteiger partial charge in [0.2, 0.25) is 5.91 Å². The van der Waals surface area contributed by atoms with E-state index in [0.29, 0.717) is 31.9 Å². The molecule has 2 unspecified atom stereocenters. The van der Waals surface area contributed by atoms with Crippen LogP contribution in [0.2, 0.25) is 0 Å². The maximum absolute atomic E-state index is 13.8. The number of carbonyl (C=O) groups is 2. The van der Waals surface area contributed by atoms with Gasteiger partial charge in [-0.05, 0) is 37.0 Å². The Morgan fingerprint density at radius 2 is 1.79 bits per heavy atom. The zero-order valence-electron chi connectivity index (χ0n) is 16.7. The summed E-state index contributed by atoms with van der Waals surface area (Å²) in [6, 6.07) is 15.9. The Bertz CT molecular complexity index is 947. The number of ether oxygens (including phenoxy) is 1. The Kier molecular flexibility index (Phi) is 4.63. The summed E-state index contributed by atoms with van der Waals surface area (Å²) in [5, 5.41) is 0. The number of hydrogen-bond donors (Lipinski definition) is 0. The smallest absolute Gasteiger partial charge is 0.254 e. The first kappa shape index (κ1) is 18.4. The highest BCUT2D eigenvalue weighted by molar-refractivity contribution is 6.01. The molecule has 0 radical (unpaired) electrons. The summed E-state index contributed by atoms with van der Waals surface area (Å²) in [4.78, 5) is 31.2. The zero-order valence-corrected chi connectivity index (χ0v) is 16.7. The van der Waals surface area contributed by atoms with Gasteiger partial charge in [-0.1, -0.05) is 48.0 Å². The van der Waals surface area contributed by atoms with E-state index >= 15 is 0 Å². The summed E-state index contributed by atoms with van der Waals surface area (Å²) < 4.78 is 5.46. The van der Waals surface area contributed by atoms with Crippen molar-refractivity contribution in [2.75, 3.05) is 26.3 Å². The summed E-state index contributed by atoms with van der Waals surface area (Å²) in [7, 11) is 0. The van der Waals surface area contributed by atoms with E-state index in [9.17, 15) is 9.59 Å². The maximum Gasteiger partial charge on any atom is 0.254 e. The molecule has 0 bridgehead atoms. The summed E-state index contributed by atoms with van der Waals surface area (Å²) in [5.74, 6) is -0.226. The Labute approximate surface area is 171 Å². The molecule has 29 heavy (non-hydrogen) atoms. The third-order valence-corrected chi connectivity index (χ3v) is 6.29. The van der Waals surface area contributed by atoms with Crippen LogP contribution in [0, 0.1) is 6.92 Å². The molecule has 2 aliphatic heterocycles. The minimum absolute atomic E-state index is 0.0561. The van der Waals surface area contributed by atoms with Crippen molar-refractivity contribution in [3.63, 3.8) is 0 Å². The second-order valence-corrected chi connectivity index (χ2v) is 8.31. The third-order valence-electron chi connectivity index (χ3n) is 6.29. The summed E-state index contributed by atoms with van der Waals surface area (Å²) in [6.07, 6.45) is 2.02. The van der Waals surface area contributed by atoms with Gasteiger partial charge in [-0.2, -0.15) is 0 Å². The number of benzene rings is 2. The lowest BCUT2D eigenvalue weighted by atomic mass is 9.78. The fourth-order valence-electron chi connectivity index (χ4n) is 4.76. The fraction of sp³-hybridized carbons (Fsp3) is 0.417. The monoisotopic (exact) mass is 390 g/mol. The largest absolute Gasteiger partial charge is 0.378 e. The lowest BCUT2D eigenvalue weighted by Crippen LogP contribution is -2.51. The molecule has 5 nitrogen and oxygen atoms in total. The van der Waals surface area contributed by atoms with E-state index in [0.717, 1.165) is 29.5 Å². The highest BCUT2D eigenvalue weighted by atomic mass is 16.5. The van der Waals surface area contributed by atoms with Crippen LogP contribution in [0.5, 0.6) is 0 Å².